The van der Waals surface area contributed by atoms with E-state index in [0.29, 0.717) is 23.7 Å². The molecule has 1 fully saturated rings. The van der Waals surface area contributed by atoms with E-state index in [4.69, 9.17) is 21.1 Å². The van der Waals surface area contributed by atoms with Crippen LogP contribution in [0.5, 0.6) is 17.2 Å². The number of piperazine rings is 1. The van der Waals surface area contributed by atoms with Gasteiger partial charge in [0.05, 0.1) is 24.3 Å². The van der Waals surface area contributed by atoms with Crippen LogP contribution in [-0.4, -0.2) is 68.1 Å². The second kappa shape index (κ2) is 11.4. The Morgan fingerprint density at radius 2 is 1.62 bits per heavy atom. The topological polar surface area (TPSA) is 68.3 Å². The highest BCUT2D eigenvalue weighted by atomic mass is 35.5. The van der Waals surface area contributed by atoms with Gasteiger partial charge in [0.2, 0.25) is 0 Å². The molecule has 3 rings (SSSR count). The molecule has 0 unspecified atom stereocenters. The van der Waals surface area contributed by atoms with E-state index in [9.17, 15) is 18.4 Å². The number of benzene rings is 2. The van der Waals surface area contributed by atoms with Gasteiger partial charge in [0, 0.05) is 31.7 Å². The number of carbonyl (C=O) groups is 2. The third kappa shape index (κ3) is 6.08. The van der Waals surface area contributed by atoms with Crippen molar-refractivity contribution < 1.29 is 32.6 Å². The summed E-state index contributed by atoms with van der Waals surface area (Å²) in [6.45, 7) is 2.46. The van der Waals surface area contributed by atoms with Gasteiger partial charge in [0.25, 0.3) is 11.8 Å². The fraction of sp³-hybridized carbons (Fsp3) is 0.417. The van der Waals surface area contributed by atoms with E-state index in [1.54, 1.807) is 17.0 Å². The zero-order valence-electron chi connectivity index (χ0n) is 19.2. The minimum Gasteiger partial charge on any atom is -0.493 e. The van der Waals surface area contributed by atoms with Gasteiger partial charge >= 0.3 is 6.61 Å². The maximum Gasteiger partial charge on any atom is 0.387 e. The molecule has 0 aliphatic carbocycles. The van der Waals surface area contributed by atoms with Crippen LogP contribution in [0.1, 0.15) is 34.6 Å². The first kappa shape index (κ1) is 25.6. The molecule has 10 heteroatoms. The highest BCUT2D eigenvalue weighted by Gasteiger charge is 2.28. The summed E-state index contributed by atoms with van der Waals surface area (Å²) in [5.74, 6) is 0.164. The van der Waals surface area contributed by atoms with E-state index in [1.807, 2.05) is 13.8 Å². The molecule has 1 saturated heterocycles. The molecule has 1 heterocycles. The van der Waals surface area contributed by atoms with Gasteiger partial charge in [-0.3, -0.25) is 9.59 Å². The lowest BCUT2D eigenvalue weighted by molar-refractivity contribution is -0.0503. The highest BCUT2D eigenvalue weighted by Crippen LogP contribution is 2.37. The second-order valence-corrected chi connectivity index (χ2v) is 8.56. The summed E-state index contributed by atoms with van der Waals surface area (Å²) in [5.41, 5.74) is 0.394. The van der Waals surface area contributed by atoms with Crippen molar-refractivity contribution in [2.75, 3.05) is 39.9 Å². The second-order valence-electron chi connectivity index (χ2n) is 8.15. The Bertz CT molecular complexity index is 1030. The quantitative estimate of drug-likeness (QED) is 0.535. The van der Waals surface area contributed by atoms with Crippen LogP contribution < -0.4 is 14.2 Å². The van der Waals surface area contributed by atoms with E-state index < -0.39 is 12.5 Å². The molecule has 0 radical (unpaired) electrons. The number of para-hydroxylation sites is 1. The number of ether oxygens (including phenoxy) is 3. The summed E-state index contributed by atoms with van der Waals surface area (Å²) < 4.78 is 40.9. The van der Waals surface area contributed by atoms with Gasteiger partial charge in [0.1, 0.15) is 5.75 Å². The summed E-state index contributed by atoms with van der Waals surface area (Å²) in [4.78, 5) is 29.1. The van der Waals surface area contributed by atoms with Crippen molar-refractivity contribution in [3.63, 3.8) is 0 Å². The lowest BCUT2D eigenvalue weighted by atomic mass is 10.1. The number of methoxy groups -OCH3 is 1. The Kier molecular flexibility index (Phi) is 8.55. The largest absolute Gasteiger partial charge is 0.493 e. The predicted octanol–water partition coefficient (Wildman–Crippen LogP) is 4.58. The van der Waals surface area contributed by atoms with Crippen LogP contribution in [0.25, 0.3) is 0 Å². The molecule has 0 spiro atoms. The summed E-state index contributed by atoms with van der Waals surface area (Å²) in [7, 11) is 1.47. The molecular formula is C24H27ClF2N2O5. The minimum atomic E-state index is -3.03. The molecule has 0 aromatic heterocycles. The molecule has 34 heavy (non-hydrogen) atoms. The molecule has 0 atom stereocenters. The van der Waals surface area contributed by atoms with E-state index >= 15 is 0 Å². The Morgan fingerprint density at radius 3 is 2.21 bits per heavy atom. The van der Waals surface area contributed by atoms with Crippen molar-refractivity contribution in [1.82, 2.24) is 9.80 Å². The zero-order chi connectivity index (χ0) is 24.8. The summed E-state index contributed by atoms with van der Waals surface area (Å²) >= 11 is 6.37. The first-order valence-electron chi connectivity index (χ1n) is 10.8. The van der Waals surface area contributed by atoms with Crippen molar-refractivity contribution in [3.05, 3.63) is 52.5 Å². The smallest absolute Gasteiger partial charge is 0.387 e. The van der Waals surface area contributed by atoms with Crippen molar-refractivity contribution in [1.29, 1.82) is 0 Å². The number of rotatable bonds is 8. The van der Waals surface area contributed by atoms with Crippen LogP contribution in [-0.2, 0) is 0 Å². The Labute approximate surface area is 202 Å². The number of halogens is 3. The molecule has 0 saturated carbocycles. The van der Waals surface area contributed by atoms with Crippen LogP contribution >= 0.6 is 11.6 Å². The molecule has 2 amide bonds. The van der Waals surface area contributed by atoms with Gasteiger partial charge in [-0.1, -0.05) is 37.6 Å². The normalized spacial score (nSPS) is 13.9. The van der Waals surface area contributed by atoms with Crippen molar-refractivity contribution in [3.8, 4) is 17.2 Å². The molecule has 1 aliphatic rings. The van der Waals surface area contributed by atoms with E-state index in [0.717, 1.165) is 0 Å². The molecule has 0 N–H and O–H groups in total. The molecule has 7 nitrogen and oxygen atoms in total. The zero-order valence-corrected chi connectivity index (χ0v) is 20.0. The summed E-state index contributed by atoms with van der Waals surface area (Å²) in [6, 6.07) is 8.98. The van der Waals surface area contributed by atoms with E-state index in [-0.39, 0.29) is 54.3 Å². The van der Waals surface area contributed by atoms with Crippen LogP contribution in [0.3, 0.4) is 0 Å². The van der Waals surface area contributed by atoms with Crippen LogP contribution in [0.4, 0.5) is 8.78 Å². The lowest BCUT2D eigenvalue weighted by Gasteiger charge is -2.35. The molecule has 2 aromatic carbocycles. The predicted molar refractivity (Wildman–Crippen MR) is 123 cm³/mol. The molecule has 184 valence electrons. The SMILES string of the molecule is COc1cc(C(=O)N2CCN(C(=O)c3ccccc3OC(F)F)CC2)cc(Cl)c1OCC(C)C. The average Bonchev–Trinajstić information content (AvgIpc) is 2.82. The first-order chi connectivity index (χ1) is 16.2. The first-order valence-corrected chi connectivity index (χ1v) is 11.2. The van der Waals surface area contributed by atoms with Crippen LogP contribution in [0, 0.1) is 5.92 Å². The third-order valence-electron chi connectivity index (χ3n) is 5.23. The van der Waals surface area contributed by atoms with Crippen molar-refractivity contribution in [2.24, 2.45) is 5.92 Å². The van der Waals surface area contributed by atoms with Gasteiger partial charge in [-0.2, -0.15) is 8.78 Å². The molecular weight excluding hydrogens is 470 g/mol. The molecule has 1 aliphatic heterocycles. The molecule has 0 bridgehead atoms. The number of nitrogens with zero attached hydrogens (tertiary/aromatic N) is 2. The number of hydrogen-bond acceptors (Lipinski definition) is 5. The van der Waals surface area contributed by atoms with Gasteiger partial charge in [-0.25, -0.2) is 0 Å². The average molecular weight is 497 g/mol. The molecule has 2 aromatic rings. The maximum absolute atomic E-state index is 13.1. The van der Waals surface area contributed by atoms with Crippen LogP contribution in [0.15, 0.2) is 36.4 Å². The fourth-order valence-electron chi connectivity index (χ4n) is 3.54. The Balaban J connectivity index is 1.68. The minimum absolute atomic E-state index is 0.0519. The highest BCUT2D eigenvalue weighted by molar-refractivity contribution is 6.32. The lowest BCUT2D eigenvalue weighted by Crippen LogP contribution is -2.50. The Hall–Kier alpha value is -3.07. The fourth-order valence-corrected chi connectivity index (χ4v) is 3.81. The van der Waals surface area contributed by atoms with Gasteiger partial charge < -0.3 is 24.0 Å². The van der Waals surface area contributed by atoms with Crippen molar-refractivity contribution in [2.45, 2.75) is 20.5 Å². The van der Waals surface area contributed by atoms with Gasteiger partial charge in [0.15, 0.2) is 11.5 Å². The summed E-state index contributed by atoms with van der Waals surface area (Å²) in [6.07, 6.45) is 0. The third-order valence-corrected chi connectivity index (χ3v) is 5.51. The van der Waals surface area contributed by atoms with E-state index in [1.165, 1.54) is 36.3 Å². The number of alkyl halides is 2. The van der Waals surface area contributed by atoms with Gasteiger partial charge in [-0.15, -0.1) is 0 Å². The number of hydrogen-bond donors (Lipinski definition) is 0. The standard InChI is InChI=1S/C24H27ClF2N2O5/c1-15(2)14-33-21-18(25)12-16(13-20(21)32-3)22(30)28-8-10-29(11-9-28)23(31)17-6-4-5-7-19(17)34-24(26)27/h4-7,12-13,15,24H,8-11,14H2,1-3H3. The van der Waals surface area contributed by atoms with Gasteiger partial charge in [-0.05, 0) is 30.2 Å². The summed E-state index contributed by atoms with van der Waals surface area (Å²) in [5, 5.41) is 0.271. The van der Waals surface area contributed by atoms with Crippen LogP contribution in [0.2, 0.25) is 5.02 Å². The maximum atomic E-state index is 13.1. The Morgan fingerprint density at radius 1 is 1.00 bits per heavy atom. The monoisotopic (exact) mass is 496 g/mol. The number of carbonyl (C=O) groups excluding carboxylic acids is 2. The van der Waals surface area contributed by atoms with Crippen molar-refractivity contribution >= 4 is 23.4 Å². The number of amides is 2. The van der Waals surface area contributed by atoms with E-state index in [2.05, 4.69) is 4.74 Å².